The molecule has 0 aliphatic rings. The van der Waals surface area contributed by atoms with Gasteiger partial charge < -0.3 is 21.1 Å². The van der Waals surface area contributed by atoms with E-state index in [0.717, 1.165) is 23.6 Å². The Hall–Kier alpha value is -1.90. The van der Waals surface area contributed by atoms with Crippen LogP contribution in [0.1, 0.15) is 5.56 Å². The minimum Gasteiger partial charge on any atom is -0.390 e. The van der Waals surface area contributed by atoms with Crippen LogP contribution in [0.2, 0.25) is 5.02 Å². The molecule has 0 amide bonds. The van der Waals surface area contributed by atoms with Gasteiger partial charge in [-0.05, 0) is 18.2 Å². The topological polar surface area (TPSA) is 69.2 Å². The standard InChI is InChI=1S/C17H19Cl2F3N4O/c18-8-12(27)10-25-15-4-2-1-3-14(15)23-5-6-24-16-13(19)7-11(9-26-16)17(20,21)22/h1-4,7,9,12,23,25,27H,5-6,8,10H2,(H,24,26). The van der Waals surface area contributed by atoms with Crippen molar-refractivity contribution in [1.29, 1.82) is 0 Å². The van der Waals surface area contributed by atoms with E-state index in [2.05, 4.69) is 20.9 Å². The number of benzene rings is 1. The molecule has 27 heavy (non-hydrogen) atoms. The van der Waals surface area contributed by atoms with E-state index >= 15 is 0 Å². The summed E-state index contributed by atoms with van der Waals surface area (Å²) in [6, 6.07) is 8.26. The van der Waals surface area contributed by atoms with Gasteiger partial charge in [0.15, 0.2) is 0 Å². The minimum absolute atomic E-state index is 0.0954. The van der Waals surface area contributed by atoms with Crippen molar-refractivity contribution in [3.05, 3.63) is 47.1 Å². The zero-order valence-corrected chi connectivity index (χ0v) is 15.7. The SMILES string of the molecule is OC(CCl)CNc1ccccc1NCCNc1ncc(C(F)(F)F)cc1Cl. The first-order chi connectivity index (χ1) is 12.8. The summed E-state index contributed by atoms with van der Waals surface area (Å²) in [6.07, 6.45) is -4.40. The van der Waals surface area contributed by atoms with Gasteiger partial charge in [-0.15, -0.1) is 11.6 Å². The van der Waals surface area contributed by atoms with Crippen LogP contribution in [0.15, 0.2) is 36.5 Å². The number of aromatic nitrogens is 1. The van der Waals surface area contributed by atoms with Gasteiger partial charge in [-0.2, -0.15) is 13.2 Å². The molecule has 2 aromatic rings. The van der Waals surface area contributed by atoms with E-state index in [1.54, 1.807) is 0 Å². The number of hydrogen-bond acceptors (Lipinski definition) is 5. The van der Waals surface area contributed by atoms with Crippen molar-refractivity contribution in [3.63, 3.8) is 0 Å². The van der Waals surface area contributed by atoms with Crippen molar-refractivity contribution in [3.8, 4) is 0 Å². The molecule has 148 valence electrons. The summed E-state index contributed by atoms with van der Waals surface area (Å²) in [4.78, 5) is 3.72. The molecule has 0 aliphatic heterocycles. The van der Waals surface area contributed by atoms with Crippen molar-refractivity contribution in [2.45, 2.75) is 12.3 Å². The molecule has 4 N–H and O–H groups in total. The molecule has 1 aromatic carbocycles. The van der Waals surface area contributed by atoms with Crippen LogP contribution in [-0.2, 0) is 6.18 Å². The maximum absolute atomic E-state index is 12.6. The van der Waals surface area contributed by atoms with E-state index in [-0.39, 0.29) is 16.7 Å². The van der Waals surface area contributed by atoms with Crippen LogP contribution in [0.4, 0.5) is 30.4 Å². The van der Waals surface area contributed by atoms with Crippen LogP contribution in [0.25, 0.3) is 0 Å². The van der Waals surface area contributed by atoms with E-state index in [1.807, 2.05) is 24.3 Å². The molecule has 2 rings (SSSR count). The second-order valence-electron chi connectivity index (χ2n) is 5.64. The number of aliphatic hydroxyl groups is 1. The molecule has 1 aromatic heterocycles. The van der Waals surface area contributed by atoms with Crippen LogP contribution >= 0.6 is 23.2 Å². The highest BCUT2D eigenvalue weighted by molar-refractivity contribution is 6.32. The maximum atomic E-state index is 12.6. The van der Waals surface area contributed by atoms with Gasteiger partial charge in [0.1, 0.15) is 5.82 Å². The fourth-order valence-electron chi connectivity index (χ4n) is 2.17. The largest absolute Gasteiger partial charge is 0.417 e. The molecule has 0 spiro atoms. The zero-order valence-electron chi connectivity index (χ0n) is 14.2. The molecule has 0 radical (unpaired) electrons. The van der Waals surface area contributed by atoms with Crippen LogP contribution in [0.5, 0.6) is 0 Å². The minimum atomic E-state index is -4.48. The van der Waals surface area contributed by atoms with Gasteiger partial charge in [0.2, 0.25) is 0 Å². The van der Waals surface area contributed by atoms with Gasteiger partial charge in [0, 0.05) is 25.8 Å². The second-order valence-corrected chi connectivity index (χ2v) is 6.36. The van der Waals surface area contributed by atoms with E-state index in [1.165, 1.54) is 0 Å². The Morgan fingerprint density at radius 1 is 1.07 bits per heavy atom. The number of hydrogen-bond donors (Lipinski definition) is 4. The smallest absolute Gasteiger partial charge is 0.390 e. The number of pyridine rings is 1. The first kappa shape index (κ1) is 21.4. The van der Waals surface area contributed by atoms with Gasteiger partial charge in [0.25, 0.3) is 0 Å². The summed E-state index contributed by atoms with van der Waals surface area (Å²) in [5.41, 5.74) is 0.718. The van der Waals surface area contributed by atoms with Crippen molar-refractivity contribution in [2.75, 3.05) is 41.5 Å². The monoisotopic (exact) mass is 422 g/mol. The number of halogens is 5. The molecule has 5 nitrogen and oxygen atoms in total. The highest BCUT2D eigenvalue weighted by Crippen LogP contribution is 2.32. The summed E-state index contributed by atoms with van der Waals surface area (Å²) < 4.78 is 37.8. The molecule has 1 heterocycles. The lowest BCUT2D eigenvalue weighted by Gasteiger charge is -2.16. The summed E-state index contributed by atoms with van der Waals surface area (Å²) >= 11 is 11.4. The third kappa shape index (κ3) is 6.64. The van der Waals surface area contributed by atoms with Crippen LogP contribution in [-0.4, -0.2) is 41.7 Å². The molecular weight excluding hydrogens is 404 g/mol. The lowest BCUT2D eigenvalue weighted by atomic mass is 10.2. The Morgan fingerprint density at radius 3 is 2.30 bits per heavy atom. The van der Waals surface area contributed by atoms with Gasteiger partial charge in [-0.25, -0.2) is 4.98 Å². The molecule has 0 aliphatic carbocycles. The first-order valence-electron chi connectivity index (χ1n) is 8.08. The number of alkyl halides is 4. The fraction of sp³-hybridized carbons (Fsp3) is 0.353. The predicted molar refractivity (Wildman–Crippen MR) is 103 cm³/mol. The van der Waals surface area contributed by atoms with Crippen molar-refractivity contribution >= 4 is 40.4 Å². The van der Waals surface area contributed by atoms with Gasteiger partial charge in [-0.1, -0.05) is 23.7 Å². The van der Waals surface area contributed by atoms with E-state index in [9.17, 15) is 18.3 Å². The lowest BCUT2D eigenvalue weighted by molar-refractivity contribution is -0.137. The molecule has 1 atom stereocenters. The van der Waals surface area contributed by atoms with Crippen molar-refractivity contribution < 1.29 is 18.3 Å². The van der Waals surface area contributed by atoms with Crippen LogP contribution in [0, 0.1) is 0 Å². The maximum Gasteiger partial charge on any atom is 0.417 e. The quantitative estimate of drug-likeness (QED) is 0.358. The normalized spacial score (nSPS) is 12.5. The predicted octanol–water partition coefficient (Wildman–Crippen LogP) is 4.29. The number of para-hydroxylation sites is 2. The zero-order chi connectivity index (χ0) is 19.9. The first-order valence-corrected chi connectivity index (χ1v) is 9.00. The average Bonchev–Trinajstić information content (AvgIpc) is 2.64. The molecule has 0 bridgehead atoms. The summed E-state index contributed by atoms with van der Waals surface area (Å²) in [7, 11) is 0. The molecule has 0 saturated carbocycles. The van der Waals surface area contributed by atoms with E-state index < -0.39 is 17.8 Å². The third-order valence-corrected chi connectivity index (χ3v) is 4.18. The second kappa shape index (κ2) is 9.87. The molecule has 1 unspecified atom stereocenters. The molecule has 0 fully saturated rings. The molecule has 0 saturated heterocycles. The van der Waals surface area contributed by atoms with E-state index in [0.29, 0.717) is 19.6 Å². The van der Waals surface area contributed by atoms with Gasteiger partial charge in [-0.3, -0.25) is 0 Å². The van der Waals surface area contributed by atoms with Crippen molar-refractivity contribution in [2.24, 2.45) is 0 Å². The van der Waals surface area contributed by atoms with Gasteiger partial charge >= 0.3 is 6.18 Å². The van der Waals surface area contributed by atoms with Gasteiger partial charge in [0.05, 0.1) is 33.9 Å². The Kier molecular flexibility index (Phi) is 7.82. The summed E-state index contributed by atoms with van der Waals surface area (Å²) in [5, 5.41) is 18.6. The highest BCUT2D eigenvalue weighted by atomic mass is 35.5. The Balaban J connectivity index is 1.87. The number of nitrogens with one attached hydrogen (secondary N) is 3. The Morgan fingerprint density at radius 2 is 1.70 bits per heavy atom. The van der Waals surface area contributed by atoms with E-state index in [4.69, 9.17) is 23.2 Å². The lowest BCUT2D eigenvalue weighted by Crippen LogP contribution is -2.22. The summed E-state index contributed by atoms with van der Waals surface area (Å²) in [6.45, 7) is 1.16. The average molecular weight is 423 g/mol. The Labute approximate surface area is 164 Å². The van der Waals surface area contributed by atoms with Crippen molar-refractivity contribution in [1.82, 2.24) is 4.98 Å². The number of aliphatic hydroxyl groups excluding tert-OH is 1. The highest BCUT2D eigenvalue weighted by Gasteiger charge is 2.31. The Bertz CT molecular complexity index is 746. The van der Waals surface area contributed by atoms with Crippen LogP contribution < -0.4 is 16.0 Å². The molecule has 10 heteroatoms. The fourth-order valence-corrected chi connectivity index (χ4v) is 2.52. The number of anilines is 3. The third-order valence-electron chi connectivity index (χ3n) is 3.53. The molecular formula is C17H19Cl2F3N4O. The summed E-state index contributed by atoms with van der Waals surface area (Å²) in [5.74, 6) is 0.316. The number of nitrogens with zero attached hydrogens (tertiary/aromatic N) is 1. The van der Waals surface area contributed by atoms with Crippen LogP contribution in [0.3, 0.4) is 0 Å². The number of rotatable bonds is 9.